The second kappa shape index (κ2) is 6.45. The molecule has 0 spiro atoms. The summed E-state index contributed by atoms with van der Waals surface area (Å²) in [6, 6.07) is 2.88. The molecule has 0 bridgehead atoms. The molecule has 5 N–H and O–H groups in total. The maximum atomic E-state index is 10.9. The summed E-state index contributed by atoms with van der Waals surface area (Å²) in [4.78, 5) is 37.7. The second-order valence-electron chi connectivity index (χ2n) is 3.92. The van der Waals surface area contributed by atoms with Gasteiger partial charge in [-0.3, -0.25) is 19.5 Å². The molecule has 0 aromatic carbocycles. The molecule has 0 atom stereocenters. The van der Waals surface area contributed by atoms with E-state index in [-0.39, 0.29) is 25.2 Å². The van der Waals surface area contributed by atoms with Crippen LogP contribution >= 0.6 is 0 Å². The monoisotopic (exact) mass is 266 g/mol. The summed E-state index contributed by atoms with van der Waals surface area (Å²) in [5, 5.41) is 8.72. The quantitative estimate of drug-likeness (QED) is 0.551. The summed E-state index contributed by atoms with van der Waals surface area (Å²) in [5.74, 6) is -2.27. The number of pyridine rings is 1. The van der Waals surface area contributed by atoms with Gasteiger partial charge in [0.25, 0.3) is 0 Å². The Morgan fingerprint density at radius 2 is 1.74 bits per heavy atom. The van der Waals surface area contributed by atoms with Crippen LogP contribution in [0.25, 0.3) is 0 Å². The Bertz CT molecular complexity index is 470. The Hall–Kier alpha value is -2.48. The molecule has 1 heterocycles. The third kappa shape index (κ3) is 5.13. The van der Waals surface area contributed by atoms with E-state index in [0.29, 0.717) is 5.69 Å². The summed E-state index contributed by atoms with van der Waals surface area (Å²) >= 11 is 0. The summed E-state index contributed by atoms with van der Waals surface area (Å²) in [6.45, 7) is -0.0949. The average molecular weight is 266 g/mol. The summed E-state index contributed by atoms with van der Waals surface area (Å²) in [6.07, 6.45) is 1.20. The first-order valence-electron chi connectivity index (χ1n) is 5.35. The fourth-order valence-corrected chi connectivity index (χ4v) is 1.48. The van der Waals surface area contributed by atoms with Crippen LogP contribution in [0.1, 0.15) is 16.1 Å². The number of carboxylic acid groups (broad SMARTS) is 1. The number of primary amides is 2. The molecule has 8 nitrogen and oxygen atoms in total. The van der Waals surface area contributed by atoms with Gasteiger partial charge in [-0.2, -0.15) is 0 Å². The molecule has 0 radical (unpaired) electrons. The lowest BCUT2D eigenvalue weighted by Crippen LogP contribution is -2.39. The number of nitrogens with two attached hydrogens (primary N) is 2. The number of carbonyl (C=O) groups is 3. The topological polar surface area (TPSA) is 140 Å². The highest BCUT2D eigenvalue weighted by Crippen LogP contribution is 2.04. The molecule has 0 fully saturated rings. The maximum Gasteiger partial charge on any atom is 0.337 e. The van der Waals surface area contributed by atoms with Crippen molar-refractivity contribution in [1.29, 1.82) is 0 Å². The number of nitrogens with zero attached hydrogens (tertiary/aromatic N) is 2. The van der Waals surface area contributed by atoms with E-state index in [1.54, 1.807) is 0 Å². The molecule has 0 unspecified atom stereocenters. The molecule has 0 aliphatic rings. The average Bonchev–Trinajstić information content (AvgIpc) is 2.27. The van der Waals surface area contributed by atoms with Gasteiger partial charge in [-0.1, -0.05) is 0 Å². The Balaban J connectivity index is 2.74. The van der Waals surface area contributed by atoms with E-state index in [0.717, 1.165) is 0 Å². The molecule has 0 aliphatic heterocycles. The second-order valence-corrected chi connectivity index (χ2v) is 3.92. The van der Waals surface area contributed by atoms with Crippen molar-refractivity contribution in [2.75, 3.05) is 13.1 Å². The Labute approximate surface area is 109 Å². The van der Waals surface area contributed by atoms with Gasteiger partial charge in [0.15, 0.2) is 0 Å². The summed E-state index contributed by atoms with van der Waals surface area (Å²) in [5.41, 5.74) is 10.7. The molecular formula is C11H14N4O4. The first-order chi connectivity index (χ1) is 8.88. The fourth-order valence-electron chi connectivity index (χ4n) is 1.48. The van der Waals surface area contributed by atoms with E-state index in [2.05, 4.69) is 4.98 Å². The van der Waals surface area contributed by atoms with Gasteiger partial charge in [0.05, 0.1) is 24.3 Å². The van der Waals surface area contributed by atoms with Crippen LogP contribution in [0.5, 0.6) is 0 Å². The number of hydrogen-bond acceptors (Lipinski definition) is 5. The van der Waals surface area contributed by atoms with E-state index in [4.69, 9.17) is 16.6 Å². The molecule has 19 heavy (non-hydrogen) atoms. The smallest absolute Gasteiger partial charge is 0.337 e. The van der Waals surface area contributed by atoms with Gasteiger partial charge in [-0.25, -0.2) is 4.79 Å². The third-order valence-corrected chi connectivity index (χ3v) is 2.22. The molecule has 1 rings (SSSR count). The van der Waals surface area contributed by atoms with Crippen LogP contribution < -0.4 is 11.5 Å². The molecule has 0 saturated heterocycles. The van der Waals surface area contributed by atoms with E-state index in [1.807, 2.05) is 0 Å². The normalized spacial score (nSPS) is 10.4. The van der Waals surface area contributed by atoms with Gasteiger partial charge in [-0.15, -0.1) is 0 Å². The predicted molar refractivity (Wildman–Crippen MR) is 64.9 cm³/mol. The van der Waals surface area contributed by atoms with Crippen LogP contribution in [-0.2, 0) is 16.1 Å². The maximum absolute atomic E-state index is 10.9. The Morgan fingerprint density at radius 3 is 2.11 bits per heavy atom. The number of carboxylic acids is 1. The SMILES string of the molecule is NC(=O)CN(CC(N)=O)Cc1ccc(C(=O)O)cn1. The Morgan fingerprint density at radius 1 is 1.16 bits per heavy atom. The van der Waals surface area contributed by atoms with E-state index in [1.165, 1.54) is 23.2 Å². The van der Waals surface area contributed by atoms with Crippen molar-refractivity contribution in [3.05, 3.63) is 29.6 Å². The van der Waals surface area contributed by atoms with Crippen LogP contribution in [0.3, 0.4) is 0 Å². The minimum Gasteiger partial charge on any atom is -0.478 e. The standard InChI is InChI=1S/C11H14N4O4/c12-9(16)5-15(6-10(13)17)4-8-2-1-7(3-14-8)11(18)19/h1-3H,4-6H2,(H2,12,16)(H2,13,17)(H,18,19). The van der Waals surface area contributed by atoms with Crippen molar-refractivity contribution >= 4 is 17.8 Å². The molecule has 1 aromatic rings. The summed E-state index contributed by atoms with van der Waals surface area (Å²) < 4.78 is 0. The predicted octanol–water partition coefficient (Wildman–Crippen LogP) is -1.45. The molecule has 1 aromatic heterocycles. The Kier molecular flexibility index (Phi) is 4.95. The van der Waals surface area contributed by atoms with Crippen LogP contribution in [0.15, 0.2) is 18.3 Å². The van der Waals surface area contributed by atoms with Gasteiger partial charge in [0, 0.05) is 12.7 Å². The zero-order chi connectivity index (χ0) is 14.4. The molecule has 8 heteroatoms. The van der Waals surface area contributed by atoms with Crippen molar-refractivity contribution in [3.8, 4) is 0 Å². The number of carbonyl (C=O) groups excluding carboxylic acids is 2. The van der Waals surface area contributed by atoms with Gasteiger partial charge in [0.2, 0.25) is 11.8 Å². The largest absolute Gasteiger partial charge is 0.478 e. The first-order valence-corrected chi connectivity index (χ1v) is 5.35. The molecule has 2 amide bonds. The van der Waals surface area contributed by atoms with Crippen molar-refractivity contribution < 1.29 is 19.5 Å². The van der Waals surface area contributed by atoms with E-state index >= 15 is 0 Å². The number of aromatic nitrogens is 1. The van der Waals surface area contributed by atoms with Crippen molar-refractivity contribution in [1.82, 2.24) is 9.88 Å². The van der Waals surface area contributed by atoms with Gasteiger partial charge >= 0.3 is 5.97 Å². The number of hydrogen-bond donors (Lipinski definition) is 3. The molecular weight excluding hydrogens is 252 g/mol. The van der Waals surface area contributed by atoms with Gasteiger partial charge < -0.3 is 16.6 Å². The number of rotatable bonds is 7. The number of amides is 2. The highest BCUT2D eigenvalue weighted by Gasteiger charge is 2.13. The van der Waals surface area contributed by atoms with Gasteiger partial charge in [0.1, 0.15) is 0 Å². The van der Waals surface area contributed by atoms with Crippen molar-refractivity contribution in [2.45, 2.75) is 6.54 Å². The third-order valence-electron chi connectivity index (χ3n) is 2.22. The first kappa shape index (κ1) is 14.6. The molecule has 0 aliphatic carbocycles. The van der Waals surface area contributed by atoms with Crippen molar-refractivity contribution in [3.63, 3.8) is 0 Å². The van der Waals surface area contributed by atoms with E-state index < -0.39 is 17.8 Å². The highest BCUT2D eigenvalue weighted by molar-refractivity contribution is 5.87. The zero-order valence-corrected chi connectivity index (χ0v) is 10.1. The zero-order valence-electron chi connectivity index (χ0n) is 10.1. The van der Waals surface area contributed by atoms with Crippen LogP contribution in [-0.4, -0.2) is 45.9 Å². The van der Waals surface area contributed by atoms with Crippen LogP contribution in [0.4, 0.5) is 0 Å². The molecule has 102 valence electrons. The lowest BCUT2D eigenvalue weighted by molar-refractivity contribution is -0.122. The van der Waals surface area contributed by atoms with E-state index in [9.17, 15) is 14.4 Å². The van der Waals surface area contributed by atoms with Crippen molar-refractivity contribution in [2.24, 2.45) is 11.5 Å². The van der Waals surface area contributed by atoms with Gasteiger partial charge in [-0.05, 0) is 12.1 Å². The molecule has 0 saturated carbocycles. The minimum atomic E-state index is -1.08. The lowest BCUT2D eigenvalue weighted by Gasteiger charge is -2.18. The number of aromatic carboxylic acids is 1. The minimum absolute atomic E-state index is 0.0557. The summed E-state index contributed by atoms with van der Waals surface area (Å²) in [7, 11) is 0. The fraction of sp³-hybridized carbons (Fsp3) is 0.273. The lowest BCUT2D eigenvalue weighted by atomic mass is 10.2. The van der Waals surface area contributed by atoms with Crippen LogP contribution in [0.2, 0.25) is 0 Å². The van der Waals surface area contributed by atoms with Crippen LogP contribution in [0, 0.1) is 0 Å². The highest BCUT2D eigenvalue weighted by atomic mass is 16.4.